The molecule has 2 aromatic carbocycles. The minimum Gasteiger partial charge on any atom is -0.493 e. The summed E-state index contributed by atoms with van der Waals surface area (Å²) in [5.74, 6) is 0.861. The average molecular weight is 353 g/mol. The third-order valence-electron chi connectivity index (χ3n) is 3.16. The monoisotopic (exact) mass is 352 g/mol. The zero-order chi connectivity index (χ0) is 16.7. The second-order valence-electron chi connectivity index (χ2n) is 4.95. The second kappa shape index (κ2) is 8.65. The van der Waals surface area contributed by atoms with Crippen LogP contribution in [0, 0.1) is 6.92 Å². The molecule has 0 radical (unpaired) electrons. The summed E-state index contributed by atoms with van der Waals surface area (Å²) in [7, 11) is 0. The molecule has 0 aliphatic carbocycles. The van der Waals surface area contributed by atoms with Gasteiger partial charge in [0.1, 0.15) is 5.75 Å². The molecule has 0 saturated heterocycles. The number of hydrogen-bond donors (Lipinski definition) is 2. The summed E-state index contributed by atoms with van der Waals surface area (Å²) in [5.41, 5.74) is 1.50. The van der Waals surface area contributed by atoms with Gasteiger partial charge in [-0.3, -0.25) is 0 Å². The first-order chi connectivity index (χ1) is 11.1. The van der Waals surface area contributed by atoms with Gasteiger partial charge in [0, 0.05) is 6.54 Å². The van der Waals surface area contributed by atoms with Gasteiger partial charge in [-0.25, -0.2) is 4.79 Å². The maximum atomic E-state index is 11.8. The predicted molar refractivity (Wildman–Crippen MR) is 94.8 cm³/mol. The summed E-state index contributed by atoms with van der Waals surface area (Å²) in [5, 5.41) is 6.18. The number of ether oxygens (including phenoxy) is 1. The molecule has 0 heterocycles. The minimum absolute atomic E-state index is 0.351. The van der Waals surface area contributed by atoms with Crippen molar-refractivity contribution in [3.05, 3.63) is 58.1 Å². The summed E-state index contributed by atoms with van der Waals surface area (Å²) in [4.78, 5) is 11.8. The summed E-state index contributed by atoms with van der Waals surface area (Å²) >= 11 is 12.0. The lowest BCUT2D eigenvalue weighted by Crippen LogP contribution is -2.30. The number of para-hydroxylation sites is 2. The Morgan fingerprint density at radius 1 is 1.09 bits per heavy atom. The quantitative estimate of drug-likeness (QED) is 0.727. The number of nitrogens with one attached hydrogen (secondary N) is 2. The summed E-state index contributed by atoms with van der Waals surface area (Å²) in [6, 6.07) is 12.5. The standard InChI is InChI=1S/C17H18Cl2N2O2/c1-12-6-2-3-9-15(12)23-11-5-10-20-17(22)21-16-13(18)7-4-8-14(16)19/h2-4,6-9H,5,10-11H2,1H3,(H2,20,21,22). The number of hydrogen-bond acceptors (Lipinski definition) is 2. The second-order valence-corrected chi connectivity index (χ2v) is 5.76. The number of carbonyl (C=O) groups is 1. The SMILES string of the molecule is Cc1ccccc1OCCCNC(=O)Nc1c(Cl)cccc1Cl. The molecule has 0 aromatic heterocycles. The van der Waals surface area contributed by atoms with Crippen molar-refractivity contribution in [1.29, 1.82) is 0 Å². The molecule has 2 N–H and O–H groups in total. The topological polar surface area (TPSA) is 50.4 Å². The third-order valence-corrected chi connectivity index (χ3v) is 3.79. The lowest BCUT2D eigenvalue weighted by atomic mass is 10.2. The zero-order valence-corrected chi connectivity index (χ0v) is 14.2. The Morgan fingerprint density at radius 2 is 1.78 bits per heavy atom. The van der Waals surface area contributed by atoms with Crippen LogP contribution < -0.4 is 15.4 Å². The zero-order valence-electron chi connectivity index (χ0n) is 12.7. The van der Waals surface area contributed by atoms with Gasteiger partial charge < -0.3 is 15.4 Å². The number of urea groups is 1. The number of benzene rings is 2. The van der Waals surface area contributed by atoms with Crippen LogP contribution in [0.4, 0.5) is 10.5 Å². The molecule has 0 bridgehead atoms. The van der Waals surface area contributed by atoms with Crippen LogP contribution in [-0.2, 0) is 0 Å². The van der Waals surface area contributed by atoms with Gasteiger partial charge in [0.2, 0.25) is 0 Å². The molecule has 23 heavy (non-hydrogen) atoms. The van der Waals surface area contributed by atoms with E-state index in [9.17, 15) is 4.79 Å². The fourth-order valence-electron chi connectivity index (χ4n) is 1.95. The smallest absolute Gasteiger partial charge is 0.319 e. The van der Waals surface area contributed by atoms with Gasteiger partial charge in [-0.15, -0.1) is 0 Å². The van der Waals surface area contributed by atoms with Gasteiger partial charge in [0.15, 0.2) is 0 Å². The van der Waals surface area contributed by atoms with E-state index in [4.69, 9.17) is 27.9 Å². The first-order valence-electron chi connectivity index (χ1n) is 7.25. The van der Waals surface area contributed by atoms with Crippen molar-refractivity contribution in [3.63, 3.8) is 0 Å². The van der Waals surface area contributed by atoms with E-state index < -0.39 is 0 Å². The molecule has 122 valence electrons. The molecule has 0 atom stereocenters. The van der Waals surface area contributed by atoms with Crippen molar-refractivity contribution in [3.8, 4) is 5.75 Å². The Labute approximate surface area is 145 Å². The number of halogens is 2. The van der Waals surface area contributed by atoms with Crippen LogP contribution >= 0.6 is 23.2 Å². The summed E-state index contributed by atoms with van der Waals surface area (Å²) in [6.45, 7) is 3.01. The van der Waals surface area contributed by atoms with Gasteiger partial charge in [-0.05, 0) is 37.1 Å². The van der Waals surface area contributed by atoms with Crippen LogP contribution in [0.5, 0.6) is 5.75 Å². The molecule has 0 spiro atoms. The number of aryl methyl sites for hydroxylation is 1. The Morgan fingerprint density at radius 3 is 2.48 bits per heavy atom. The molecule has 4 nitrogen and oxygen atoms in total. The predicted octanol–water partition coefficient (Wildman–Crippen LogP) is 4.89. The first kappa shape index (κ1) is 17.4. The highest BCUT2D eigenvalue weighted by Gasteiger charge is 2.08. The van der Waals surface area contributed by atoms with Crippen molar-refractivity contribution >= 4 is 34.9 Å². The van der Waals surface area contributed by atoms with E-state index >= 15 is 0 Å². The van der Waals surface area contributed by atoms with Crippen molar-refractivity contribution in [2.45, 2.75) is 13.3 Å². The minimum atomic E-state index is -0.351. The highest BCUT2D eigenvalue weighted by molar-refractivity contribution is 6.39. The van der Waals surface area contributed by atoms with Crippen LogP contribution in [0.1, 0.15) is 12.0 Å². The van der Waals surface area contributed by atoms with Gasteiger partial charge in [-0.2, -0.15) is 0 Å². The van der Waals surface area contributed by atoms with Crippen LogP contribution in [0.3, 0.4) is 0 Å². The van der Waals surface area contributed by atoms with E-state index in [0.29, 0.717) is 35.3 Å². The fraction of sp³-hybridized carbons (Fsp3) is 0.235. The Kier molecular flexibility index (Phi) is 6.56. The Balaban J connectivity index is 1.70. The number of amides is 2. The molecule has 6 heteroatoms. The number of anilines is 1. The molecular formula is C17H18Cl2N2O2. The van der Waals surface area contributed by atoms with E-state index in [0.717, 1.165) is 11.3 Å². The lowest BCUT2D eigenvalue weighted by molar-refractivity contribution is 0.250. The summed E-state index contributed by atoms with van der Waals surface area (Å²) < 4.78 is 5.66. The van der Waals surface area contributed by atoms with Crippen LogP contribution in [0.15, 0.2) is 42.5 Å². The van der Waals surface area contributed by atoms with E-state index in [-0.39, 0.29) is 6.03 Å². The molecule has 0 aliphatic heterocycles. The molecule has 2 aromatic rings. The fourth-order valence-corrected chi connectivity index (χ4v) is 2.44. The van der Waals surface area contributed by atoms with Gasteiger partial charge in [0.05, 0.1) is 22.3 Å². The molecule has 0 saturated carbocycles. The molecule has 2 rings (SSSR count). The van der Waals surface area contributed by atoms with Crippen LogP contribution in [-0.4, -0.2) is 19.2 Å². The molecule has 0 aliphatic rings. The number of rotatable bonds is 6. The first-order valence-corrected chi connectivity index (χ1v) is 8.01. The average Bonchev–Trinajstić information content (AvgIpc) is 2.52. The molecular weight excluding hydrogens is 335 g/mol. The van der Waals surface area contributed by atoms with E-state index in [2.05, 4.69) is 10.6 Å². The Bertz CT molecular complexity index is 657. The number of carbonyl (C=O) groups excluding carboxylic acids is 1. The van der Waals surface area contributed by atoms with Crippen molar-refractivity contribution in [1.82, 2.24) is 5.32 Å². The van der Waals surface area contributed by atoms with E-state index in [1.54, 1.807) is 18.2 Å². The summed E-state index contributed by atoms with van der Waals surface area (Å²) in [6.07, 6.45) is 0.692. The largest absolute Gasteiger partial charge is 0.493 e. The maximum Gasteiger partial charge on any atom is 0.319 e. The van der Waals surface area contributed by atoms with Gasteiger partial charge in [-0.1, -0.05) is 47.5 Å². The highest BCUT2D eigenvalue weighted by Crippen LogP contribution is 2.29. The van der Waals surface area contributed by atoms with Gasteiger partial charge >= 0.3 is 6.03 Å². The van der Waals surface area contributed by atoms with E-state index in [1.807, 2.05) is 31.2 Å². The Hall–Kier alpha value is -1.91. The van der Waals surface area contributed by atoms with E-state index in [1.165, 1.54) is 0 Å². The normalized spacial score (nSPS) is 10.2. The van der Waals surface area contributed by atoms with Crippen molar-refractivity contribution in [2.75, 3.05) is 18.5 Å². The highest BCUT2D eigenvalue weighted by atomic mass is 35.5. The van der Waals surface area contributed by atoms with Crippen LogP contribution in [0.25, 0.3) is 0 Å². The molecule has 2 amide bonds. The molecule has 0 fully saturated rings. The van der Waals surface area contributed by atoms with Gasteiger partial charge in [0.25, 0.3) is 0 Å². The van der Waals surface area contributed by atoms with Crippen molar-refractivity contribution in [2.24, 2.45) is 0 Å². The molecule has 0 unspecified atom stereocenters. The lowest BCUT2D eigenvalue weighted by Gasteiger charge is -2.11. The maximum absolute atomic E-state index is 11.8. The van der Waals surface area contributed by atoms with Crippen molar-refractivity contribution < 1.29 is 9.53 Å². The third kappa shape index (κ3) is 5.34. The van der Waals surface area contributed by atoms with Crippen LogP contribution in [0.2, 0.25) is 10.0 Å².